The quantitative estimate of drug-likeness (QED) is 0.846. The summed E-state index contributed by atoms with van der Waals surface area (Å²) in [7, 11) is 0. The molecule has 0 spiro atoms. The molecular weight excluding hydrogens is 296 g/mol. The number of hydrogen-bond acceptors (Lipinski definition) is 5. The van der Waals surface area contributed by atoms with Crippen LogP contribution in [0.5, 0.6) is 0 Å². The second-order valence-corrected chi connectivity index (χ2v) is 6.81. The molecule has 1 saturated heterocycles. The predicted octanol–water partition coefficient (Wildman–Crippen LogP) is -0.00130. The topological polar surface area (TPSA) is 93.0 Å². The summed E-state index contributed by atoms with van der Waals surface area (Å²) in [5.74, 6) is 1.22. The summed E-state index contributed by atoms with van der Waals surface area (Å²) in [4.78, 5) is 27.0. The molecule has 0 unspecified atom stereocenters. The van der Waals surface area contributed by atoms with Gasteiger partial charge in [0.25, 0.3) is 0 Å². The largest absolute Gasteiger partial charge is 0.353 e. The van der Waals surface area contributed by atoms with E-state index in [0.29, 0.717) is 38.4 Å². The molecule has 2 aliphatic heterocycles. The third-order valence-corrected chi connectivity index (χ3v) is 4.67. The molecule has 1 aromatic rings. The van der Waals surface area contributed by atoms with Gasteiger partial charge in [0.15, 0.2) is 5.82 Å². The van der Waals surface area contributed by atoms with Crippen LogP contribution in [0.4, 0.5) is 0 Å². The fraction of sp³-hybridized carbons (Fsp3) is 0.800. The number of piperazine rings is 1. The molecule has 126 valence electrons. The summed E-state index contributed by atoms with van der Waals surface area (Å²) < 4.78 is 1.78. The molecule has 1 aromatic heterocycles. The molecule has 2 aliphatic rings. The van der Waals surface area contributed by atoms with E-state index in [1.54, 1.807) is 9.58 Å². The molecule has 2 amide bonds. The number of aromatic nitrogens is 4. The zero-order valence-corrected chi connectivity index (χ0v) is 13.7. The predicted molar refractivity (Wildman–Crippen MR) is 82.2 cm³/mol. The number of carbonyl (C=O) groups is 2. The lowest BCUT2D eigenvalue weighted by molar-refractivity contribution is -0.147. The Morgan fingerprint density at radius 2 is 2.17 bits per heavy atom. The number of amides is 2. The minimum absolute atomic E-state index is 0.0225. The van der Waals surface area contributed by atoms with Gasteiger partial charge in [0.1, 0.15) is 6.04 Å². The summed E-state index contributed by atoms with van der Waals surface area (Å²) in [5, 5.41) is 14.5. The first kappa shape index (κ1) is 15.9. The van der Waals surface area contributed by atoms with Crippen molar-refractivity contribution in [3.8, 4) is 0 Å². The number of carbonyl (C=O) groups excluding carboxylic acids is 2. The number of nitrogens with one attached hydrogen (secondary N) is 1. The Bertz CT molecular complexity index is 562. The molecule has 1 fully saturated rings. The highest BCUT2D eigenvalue weighted by molar-refractivity contribution is 5.89. The smallest absolute Gasteiger partial charge is 0.242 e. The lowest BCUT2D eigenvalue weighted by Gasteiger charge is -2.37. The van der Waals surface area contributed by atoms with Crippen molar-refractivity contribution in [2.45, 2.75) is 52.1 Å². The van der Waals surface area contributed by atoms with Crippen molar-refractivity contribution in [2.75, 3.05) is 13.1 Å². The van der Waals surface area contributed by atoms with Crippen molar-refractivity contribution >= 4 is 11.8 Å². The van der Waals surface area contributed by atoms with E-state index in [-0.39, 0.29) is 23.8 Å². The number of rotatable bonds is 3. The fourth-order valence-electron chi connectivity index (χ4n) is 3.44. The molecule has 8 heteroatoms. The maximum absolute atomic E-state index is 13.0. The maximum atomic E-state index is 13.0. The highest BCUT2D eigenvalue weighted by atomic mass is 16.2. The average molecular weight is 320 g/mol. The Morgan fingerprint density at radius 1 is 1.35 bits per heavy atom. The summed E-state index contributed by atoms with van der Waals surface area (Å²) in [6.45, 7) is 5.96. The third-order valence-electron chi connectivity index (χ3n) is 4.67. The van der Waals surface area contributed by atoms with Crippen molar-refractivity contribution in [3.63, 3.8) is 0 Å². The molecule has 2 atom stereocenters. The van der Waals surface area contributed by atoms with Gasteiger partial charge in [-0.25, -0.2) is 4.68 Å². The standard InChI is InChI=1S/C15H24N6O2/c1-10(2)9-12-14(22)16-6-8-20(12)15(23)11-3-4-13-17-18-19-21(13)7-5-11/h10-12H,3-9H2,1-2H3,(H,16,22)/t11-,12+/m1/s1. The number of aryl methyl sites for hydroxylation is 2. The van der Waals surface area contributed by atoms with Gasteiger partial charge in [0, 0.05) is 32.0 Å². The molecule has 3 heterocycles. The highest BCUT2D eigenvalue weighted by Crippen LogP contribution is 2.24. The van der Waals surface area contributed by atoms with Gasteiger partial charge in [-0.1, -0.05) is 13.8 Å². The second-order valence-electron chi connectivity index (χ2n) is 6.81. The molecule has 1 N–H and O–H groups in total. The van der Waals surface area contributed by atoms with Crippen LogP contribution >= 0.6 is 0 Å². The van der Waals surface area contributed by atoms with Gasteiger partial charge in [0.05, 0.1) is 0 Å². The monoisotopic (exact) mass is 320 g/mol. The number of tetrazole rings is 1. The van der Waals surface area contributed by atoms with E-state index in [4.69, 9.17) is 0 Å². The number of nitrogens with zero attached hydrogens (tertiary/aromatic N) is 5. The molecule has 23 heavy (non-hydrogen) atoms. The molecule has 0 aliphatic carbocycles. The van der Waals surface area contributed by atoms with Crippen LogP contribution in [-0.4, -0.2) is 56.1 Å². The van der Waals surface area contributed by atoms with Gasteiger partial charge in [-0.15, -0.1) is 5.10 Å². The van der Waals surface area contributed by atoms with E-state index in [0.717, 1.165) is 18.7 Å². The van der Waals surface area contributed by atoms with E-state index in [9.17, 15) is 9.59 Å². The molecule has 0 radical (unpaired) electrons. The van der Waals surface area contributed by atoms with Crippen molar-refractivity contribution in [2.24, 2.45) is 11.8 Å². The van der Waals surface area contributed by atoms with Crippen molar-refractivity contribution < 1.29 is 9.59 Å². The first-order valence-electron chi connectivity index (χ1n) is 8.39. The minimum Gasteiger partial charge on any atom is -0.353 e. The third kappa shape index (κ3) is 3.35. The summed E-state index contributed by atoms with van der Waals surface area (Å²) in [6, 6.07) is -0.337. The highest BCUT2D eigenvalue weighted by Gasteiger charge is 2.36. The van der Waals surface area contributed by atoms with E-state index in [2.05, 4.69) is 34.7 Å². The van der Waals surface area contributed by atoms with E-state index in [1.165, 1.54) is 0 Å². The first-order valence-corrected chi connectivity index (χ1v) is 8.39. The van der Waals surface area contributed by atoms with Gasteiger partial charge in [-0.05, 0) is 35.6 Å². The SMILES string of the molecule is CC(C)C[C@H]1C(=O)NCCN1C(=O)[C@@H]1CCc2nnnn2CC1. The summed E-state index contributed by atoms with van der Waals surface area (Å²) in [6.07, 6.45) is 2.88. The molecule has 8 nitrogen and oxygen atoms in total. The van der Waals surface area contributed by atoms with Crippen molar-refractivity contribution in [1.29, 1.82) is 0 Å². The lowest BCUT2D eigenvalue weighted by Crippen LogP contribution is -2.58. The average Bonchev–Trinajstić information content (AvgIpc) is 2.87. The Balaban J connectivity index is 1.70. The second kappa shape index (κ2) is 6.64. The number of hydrogen-bond donors (Lipinski definition) is 1. The zero-order chi connectivity index (χ0) is 16.4. The molecule has 3 rings (SSSR count). The van der Waals surface area contributed by atoms with E-state index < -0.39 is 0 Å². The van der Waals surface area contributed by atoms with E-state index in [1.807, 2.05) is 0 Å². The van der Waals surface area contributed by atoms with Crippen LogP contribution in [0, 0.1) is 11.8 Å². The van der Waals surface area contributed by atoms with Crippen LogP contribution in [0.2, 0.25) is 0 Å². The van der Waals surface area contributed by atoms with Gasteiger partial charge < -0.3 is 10.2 Å². The summed E-state index contributed by atoms with van der Waals surface area (Å²) in [5.41, 5.74) is 0. The van der Waals surface area contributed by atoms with Crippen LogP contribution in [0.3, 0.4) is 0 Å². The Kier molecular flexibility index (Phi) is 4.58. The van der Waals surface area contributed by atoms with Crippen molar-refractivity contribution in [1.82, 2.24) is 30.4 Å². The maximum Gasteiger partial charge on any atom is 0.242 e. The van der Waals surface area contributed by atoms with Gasteiger partial charge >= 0.3 is 0 Å². The normalized spacial score (nSPS) is 25.0. The van der Waals surface area contributed by atoms with E-state index >= 15 is 0 Å². The van der Waals surface area contributed by atoms with Crippen LogP contribution in [0.25, 0.3) is 0 Å². The minimum atomic E-state index is -0.337. The van der Waals surface area contributed by atoms with Crippen molar-refractivity contribution in [3.05, 3.63) is 5.82 Å². The van der Waals surface area contributed by atoms with Crippen LogP contribution in [-0.2, 0) is 22.6 Å². The molecule has 0 bridgehead atoms. The fourth-order valence-corrected chi connectivity index (χ4v) is 3.44. The van der Waals surface area contributed by atoms with Crippen LogP contribution in [0.1, 0.15) is 38.9 Å². The molecule has 0 saturated carbocycles. The van der Waals surface area contributed by atoms with Gasteiger partial charge in [-0.3, -0.25) is 9.59 Å². The Hall–Kier alpha value is -1.99. The first-order chi connectivity index (χ1) is 11.1. The molecular formula is C15H24N6O2. The Morgan fingerprint density at radius 3 is 2.96 bits per heavy atom. The summed E-state index contributed by atoms with van der Waals surface area (Å²) >= 11 is 0. The number of fused-ring (bicyclic) bond motifs is 1. The molecule has 0 aromatic carbocycles. The lowest BCUT2D eigenvalue weighted by atomic mass is 9.94. The zero-order valence-electron chi connectivity index (χ0n) is 13.7. The van der Waals surface area contributed by atoms with Gasteiger partial charge in [-0.2, -0.15) is 0 Å². The van der Waals surface area contributed by atoms with Crippen LogP contribution in [0.15, 0.2) is 0 Å². The Labute approximate surface area is 135 Å². The van der Waals surface area contributed by atoms with Gasteiger partial charge in [0.2, 0.25) is 11.8 Å². The van der Waals surface area contributed by atoms with Crippen LogP contribution < -0.4 is 5.32 Å².